The molecule has 1 aliphatic rings. The van der Waals surface area contributed by atoms with Gasteiger partial charge >= 0.3 is 0 Å². The Bertz CT molecular complexity index is 725. The number of rotatable bonds is 9. The molecule has 152 valence electrons. The van der Waals surface area contributed by atoms with Crippen LogP contribution in [0, 0.1) is 0 Å². The van der Waals surface area contributed by atoms with E-state index in [0.717, 1.165) is 63.0 Å². The van der Waals surface area contributed by atoms with Crippen LogP contribution in [0.2, 0.25) is 0 Å². The summed E-state index contributed by atoms with van der Waals surface area (Å²) < 4.78 is 16.9. The Labute approximate surface area is 168 Å². The van der Waals surface area contributed by atoms with Crippen LogP contribution in [0.3, 0.4) is 0 Å². The average Bonchev–Trinajstić information content (AvgIpc) is 2.71. The molecular formula is C23H32N2O3. The fraction of sp³-hybridized carbons (Fsp3) is 0.478. The summed E-state index contributed by atoms with van der Waals surface area (Å²) in [7, 11) is 1.68. The molecule has 0 aliphatic carbocycles. The Balaban J connectivity index is 1.53. The zero-order valence-corrected chi connectivity index (χ0v) is 17.2. The summed E-state index contributed by atoms with van der Waals surface area (Å²) in [6.07, 6.45) is 0.106. The van der Waals surface area contributed by atoms with Crippen LogP contribution >= 0.6 is 0 Å². The predicted octanol–water partition coefficient (Wildman–Crippen LogP) is 3.60. The van der Waals surface area contributed by atoms with Crippen LogP contribution in [-0.2, 0) is 24.4 Å². The smallest absolute Gasteiger partial charge is 0.166 e. The highest BCUT2D eigenvalue weighted by Crippen LogP contribution is 2.32. The van der Waals surface area contributed by atoms with E-state index in [4.69, 9.17) is 14.2 Å². The zero-order valence-electron chi connectivity index (χ0n) is 17.2. The van der Waals surface area contributed by atoms with E-state index in [2.05, 4.69) is 40.5 Å². The van der Waals surface area contributed by atoms with Gasteiger partial charge < -0.3 is 19.5 Å². The van der Waals surface area contributed by atoms with Crippen molar-refractivity contribution in [2.24, 2.45) is 0 Å². The van der Waals surface area contributed by atoms with E-state index < -0.39 is 0 Å². The van der Waals surface area contributed by atoms with Crippen LogP contribution in [0.1, 0.15) is 30.5 Å². The third-order valence-electron chi connectivity index (χ3n) is 4.81. The van der Waals surface area contributed by atoms with Gasteiger partial charge in [-0.25, -0.2) is 0 Å². The fourth-order valence-electron chi connectivity index (χ4n) is 3.35. The van der Waals surface area contributed by atoms with Crippen LogP contribution in [0.5, 0.6) is 11.5 Å². The number of ether oxygens (including phenoxy) is 3. The lowest BCUT2D eigenvalue weighted by Crippen LogP contribution is -2.35. The third kappa shape index (κ3) is 5.96. The minimum absolute atomic E-state index is 0.106. The number of para-hydroxylation sites is 1. The van der Waals surface area contributed by atoms with Crippen LogP contribution in [0.15, 0.2) is 42.5 Å². The Morgan fingerprint density at radius 3 is 2.39 bits per heavy atom. The molecule has 0 amide bonds. The lowest BCUT2D eigenvalue weighted by Gasteiger charge is -2.26. The summed E-state index contributed by atoms with van der Waals surface area (Å²) >= 11 is 0. The van der Waals surface area contributed by atoms with Crippen molar-refractivity contribution in [1.82, 2.24) is 10.2 Å². The largest absolute Gasteiger partial charge is 0.493 e. The van der Waals surface area contributed by atoms with E-state index in [0.29, 0.717) is 0 Å². The number of morpholine rings is 1. The minimum atomic E-state index is 0.106. The molecular weight excluding hydrogens is 352 g/mol. The van der Waals surface area contributed by atoms with Gasteiger partial charge in [0.05, 0.1) is 26.4 Å². The lowest BCUT2D eigenvalue weighted by molar-refractivity contribution is 0.0342. The molecule has 1 saturated heterocycles. The van der Waals surface area contributed by atoms with Crippen molar-refractivity contribution in [2.45, 2.75) is 39.6 Å². The first-order chi connectivity index (χ1) is 13.7. The van der Waals surface area contributed by atoms with Gasteiger partial charge in [-0.05, 0) is 31.0 Å². The van der Waals surface area contributed by atoms with E-state index >= 15 is 0 Å². The molecule has 1 fully saturated rings. The minimum Gasteiger partial charge on any atom is -0.493 e. The molecule has 1 N–H and O–H groups in total. The Morgan fingerprint density at radius 2 is 1.71 bits per heavy atom. The van der Waals surface area contributed by atoms with Crippen molar-refractivity contribution in [1.29, 1.82) is 0 Å². The molecule has 5 nitrogen and oxygen atoms in total. The Hall–Kier alpha value is -2.08. The Morgan fingerprint density at radius 1 is 1.00 bits per heavy atom. The van der Waals surface area contributed by atoms with Crippen LogP contribution in [0.4, 0.5) is 0 Å². The third-order valence-corrected chi connectivity index (χ3v) is 4.81. The molecule has 0 unspecified atom stereocenters. The van der Waals surface area contributed by atoms with Crippen molar-refractivity contribution in [3.05, 3.63) is 59.2 Å². The predicted molar refractivity (Wildman–Crippen MR) is 112 cm³/mol. The number of methoxy groups -OCH3 is 1. The van der Waals surface area contributed by atoms with Crippen molar-refractivity contribution < 1.29 is 14.2 Å². The van der Waals surface area contributed by atoms with Crippen molar-refractivity contribution in [2.75, 3.05) is 33.4 Å². The molecule has 1 aliphatic heterocycles. The van der Waals surface area contributed by atoms with Gasteiger partial charge in [0.15, 0.2) is 11.5 Å². The van der Waals surface area contributed by atoms with Gasteiger partial charge in [0.2, 0.25) is 0 Å². The monoisotopic (exact) mass is 384 g/mol. The summed E-state index contributed by atoms with van der Waals surface area (Å²) in [4.78, 5) is 2.44. The van der Waals surface area contributed by atoms with E-state index in [-0.39, 0.29) is 6.10 Å². The lowest BCUT2D eigenvalue weighted by atomic mass is 10.1. The topological polar surface area (TPSA) is 43.0 Å². The summed E-state index contributed by atoms with van der Waals surface area (Å²) in [6.45, 7) is 10.3. The molecule has 0 radical (unpaired) electrons. The summed E-state index contributed by atoms with van der Waals surface area (Å²) in [5.74, 6) is 1.61. The molecule has 2 aromatic carbocycles. The maximum absolute atomic E-state index is 5.98. The van der Waals surface area contributed by atoms with Gasteiger partial charge in [0.25, 0.3) is 0 Å². The second-order valence-electron chi connectivity index (χ2n) is 7.42. The van der Waals surface area contributed by atoms with Gasteiger partial charge in [-0.3, -0.25) is 4.90 Å². The zero-order chi connectivity index (χ0) is 19.8. The number of nitrogens with one attached hydrogen (secondary N) is 1. The maximum Gasteiger partial charge on any atom is 0.166 e. The molecule has 0 saturated carbocycles. The number of hydrogen-bond donors (Lipinski definition) is 1. The SMILES string of the molecule is COc1cccc(CNCc2ccc(CN3CCOCC3)cc2)c1OC(C)C. The first-order valence-electron chi connectivity index (χ1n) is 10.1. The van der Waals surface area contributed by atoms with Crippen LogP contribution in [0.25, 0.3) is 0 Å². The number of nitrogens with zero attached hydrogens (tertiary/aromatic N) is 1. The summed E-state index contributed by atoms with van der Waals surface area (Å²) in [5.41, 5.74) is 3.74. The molecule has 28 heavy (non-hydrogen) atoms. The van der Waals surface area contributed by atoms with E-state index in [1.165, 1.54) is 11.1 Å². The second kappa shape index (κ2) is 10.5. The standard InChI is InChI=1S/C23H32N2O3/c1-18(2)28-23-21(5-4-6-22(23)26-3)16-24-15-19-7-9-20(10-8-19)17-25-11-13-27-14-12-25/h4-10,18,24H,11-17H2,1-3H3. The number of hydrogen-bond acceptors (Lipinski definition) is 5. The van der Waals surface area contributed by atoms with Gasteiger partial charge in [-0.1, -0.05) is 36.4 Å². The van der Waals surface area contributed by atoms with E-state index in [1.807, 2.05) is 26.0 Å². The highest BCUT2D eigenvalue weighted by molar-refractivity contribution is 5.46. The van der Waals surface area contributed by atoms with Crippen LogP contribution < -0.4 is 14.8 Å². The number of benzene rings is 2. The molecule has 5 heteroatoms. The molecule has 0 aromatic heterocycles. The highest BCUT2D eigenvalue weighted by atomic mass is 16.5. The van der Waals surface area contributed by atoms with Gasteiger partial charge in [0.1, 0.15) is 0 Å². The first kappa shape index (κ1) is 20.6. The maximum atomic E-state index is 5.98. The van der Waals surface area contributed by atoms with Gasteiger partial charge in [0, 0.05) is 38.3 Å². The van der Waals surface area contributed by atoms with Gasteiger partial charge in [-0.2, -0.15) is 0 Å². The second-order valence-corrected chi connectivity index (χ2v) is 7.42. The molecule has 3 rings (SSSR count). The van der Waals surface area contributed by atoms with E-state index in [1.54, 1.807) is 7.11 Å². The van der Waals surface area contributed by atoms with Crippen molar-refractivity contribution in [3.8, 4) is 11.5 Å². The average molecular weight is 385 g/mol. The molecule has 0 bridgehead atoms. The van der Waals surface area contributed by atoms with Crippen LogP contribution in [-0.4, -0.2) is 44.4 Å². The Kier molecular flexibility index (Phi) is 7.71. The van der Waals surface area contributed by atoms with Crippen molar-refractivity contribution >= 4 is 0 Å². The molecule has 0 spiro atoms. The summed E-state index contributed by atoms with van der Waals surface area (Å²) in [5, 5.41) is 3.52. The van der Waals surface area contributed by atoms with Gasteiger partial charge in [-0.15, -0.1) is 0 Å². The first-order valence-corrected chi connectivity index (χ1v) is 10.1. The molecule has 1 heterocycles. The fourth-order valence-corrected chi connectivity index (χ4v) is 3.35. The van der Waals surface area contributed by atoms with E-state index in [9.17, 15) is 0 Å². The summed E-state index contributed by atoms with van der Waals surface area (Å²) in [6, 6.07) is 14.9. The normalized spacial score (nSPS) is 15.0. The van der Waals surface area contributed by atoms with Crippen molar-refractivity contribution in [3.63, 3.8) is 0 Å². The molecule has 0 atom stereocenters. The quantitative estimate of drug-likeness (QED) is 0.716. The highest BCUT2D eigenvalue weighted by Gasteiger charge is 2.12. The molecule has 2 aromatic rings.